The Hall–Kier alpha value is -0.203. The van der Waals surface area contributed by atoms with Crippen LogP contribution in [-0.2, 0) is 13.3 Å². The van der Waals surface area contributed by atoms with Crippen molar-refractivity contribution in [2.75, 3.05) is 19.8 Å². The number of halogens is 1. The van der Waals surface area contributed by atoms with Crippen molar-refractivity contribution in [3.63, 3.8) is 0 Å². The van der Waals surface area contributed by atoms with Gasteiger partial charge in [0.15, 0.2) is 0 Å². The molecule has 2 unspecified atom stereocenters. The van der Waals surface area contributed by atoms with E-state index in [0.717, 1.165) is 6.04 Å². The summed E-state index contributed by atoms with van der Waals surface area (Å²) in [4.78, 5) is 0.327. The van der Waals surface area contributed by atoms with Crippen molar-refractivity contribution in [3.8, 4) is 0 Å². The number of benzene rings is 1. The normalized spacial score (nSPS) is 14.9. The van der Waals surface area contributed by atoms with Crippen LogP contribution in [0.4, 0.5) is 0 Å². The highest BCUT2D eigenvalue weighted by Gasteiger charge is 2.44. The number of rotatable bonds is 10. The van der Waals surface area contributed by atoms with Gasteiger partial charge in [-0.2, -0.15) is 0 Å². The molecule has 0 saturated carbocycles. The van der Waals surface area contributed by atoms with Crippen LogP contribution in [0.25, 0.3) is 0 Å². The molecule has 0 aliphatic carbocycles. The molecule has 0 aliphatic rings. The molecule has 0 fully saturated rings. The van der Waals surface area contributed by atoms with Gasteiger partial charge in [-0.15, -0.1) is 0 Å². The van der Waals surface area contributed by atoms with Gasteiger partial charge in [-0.3, -0.25) is 0 Å². The fourth-order valence-electron chi connectivity index (χ4n) is 2.48. The lowest BCUT2D eigenvalue weighted by Crippen LogP contribution is -2.47. The maximum absolute atomic E-state index is 5.99. The molecule has 1 aromatic rings. The first-order chi connectivity index (χ1) is 10.1. The Morgan fingerprint density at radius 1 is 0.952 bits per heavy atom. The Kier molecular flexibility index (Phi) is 8.74. The van der Waals surface area contributed by atoms with Crippen LogP contribution in [0.15, 0.2) is 30.3 Å². The summed E-state index contributed by atoms with van der Waals surface area (Å²) in [6.07, 6.45) is 0. The second kappa shape index (κ2) is 9.74. The Morgan fingerprint density at radius 2 is 1.43 bits per heavy atom. The lowest BCUT2D eigenvalue weighted by atomic mass is 9.99. The summed E-state index contributed by atoms with van der Waals surface area (Å²) < 4.78 is 18.0. The van der Waals surface area contributed by atoms with E-state index in [4.69, 9.17) is 13.3 Å². The van der Waals surface area contributed by atoms with Crippen molar-refractivity contribution in [1.29, 1.82) is 0 Å². The summed E-state index contributed by atoms with van der Waals surface area (Å²) in [5.41, 5.74) is 1.29. The monoisotopic (exact) mass is 374 g/mol. The van der Waals surface area contributed by atoms with Gasteiger partial charge in [0.05, 0.1) is 0 Å². The van der Waals surface area contributed by atoms with Crippen LogP contribution >= 0.6 is 15.9 Å². The molecule has 0 bridgehead atoms. The molecule has 1 rings (SSSR count). The first kappa shape index (κ1) is 18.8. The Balaban J connectivity index is 3.00. The summed E-state index contributed by atoms with van der Waals surface area (Å²) in [5.74, 6) is 0.308. The van der Waals surface area contributed by atoms with Crippen molar-refractivity contribution in [1.82, 2.24) is 0 Å². The SMILES string of the molecule is CCO[Si](CC(c1ccccc1)C(C)Br)(OCC)OCC. The summed E-state index contributed by atoms with van der Waals surface area (Å²) in [6.45, 7) is 10.00. The number of alkyl halides is 1. The van der Waals surface area contributed by atoms with Gasteiger partial charge in [0.25, 0.3) is 0 Å². The quantitative estimate of drug-likeness (QED) is 0.442. The van der Waals surface area contributed by atoms with Gasteiger partial charge in [0.2, 0.25) is 0 Å². The van der Waals surface area contributed by atoms with E-state index in [1.54, 1.807) is 0 Å². The molecule has 0 heterocycles. The average molecular weight is 375 g/mol. The lowest BCUT2D eigenvalue weighted by Gasteiger charge is -2.33. The standard InChI is InChI=1S/C16H27BrO3Si/c1-5-18-21(19-6-2,20-7-3)13-16(14(4)17)15-11-9-8-10-12-15/h8-12,14,16H,5-7,13H2,1-4H3. The first-order valence-electron chi connectivity index (χ1n) is 7.69. The van der Waals surface area contributed by atoms with E-state index in [2.05, 4.69) is 47.1 Å². The minimum atomic E-state index is -2.63. The highest BCUT2D eigenvalue weighted by Crippen LogP contribution is 2.34. The molecular formula is C16H27BrO3Si. The second-order valence-corrected chi connectivity index (χ2v) is 8.97. The predicted octanol–water partition coefficient (Wildman–Crippen LogP) is 4.60. The van der Waals surface area contributed by atoms with E-state index in [1.807, 2.05) is 26.8 Å². The smallest absolute Gasteiger partial charge is 0.374 e. The van der Waals surface area contributed by atoms with Gasteiger partial charge in [-0.1, -0.05) is 53.2 Å². The van der Waals surface area contributed by atoms with Crippen molar-refractivity contribution >= 4 is 24.7 Å². The van der Waals surface area contributed by atoms with Crippen LogP contribution in [0.5, 0.6) is 0 Å². The van der Waals surface area contributed by atoms with Crippen LogP contribution in [-0.4, -0.2) is 33.5 Å². The van der Waals surface area contributed by atoms with Crippen LogP contribution in [0.3, 0.4) is 0 Å². The molecule has 0 aromatic heterocycles. The maximum atomic E-state index is 5.99. The van der Waals surface area contributed by atoms with Crippen molar-refractivity contribution < 1.29 is 13.3 Å². The van der Waals surface area contributed by atoms with E-state index in [-0.39, 0.29) is 0 Å². The molecule has 0 aliphatic heterocycles. The van der Waals surface area contributed by atoms with Crippen LogP contribution < -0.4 is 0 Å². The molecule has 3 nitrogen and oxygen atoms in total. The highest BCUT2D eigenvalue weighted by molar-refractivity contribution is 9.09. The summed E-state index contributed by atoms with van der Waals surface area (Å²) in [5, 5.41) is 0. The van der Waals surface area contributed by atoms with Gasteiger partial charge >= 0.3 is 8.80 Å². The van der Waals surface area contributed by atoms with Crippen molar-refractivity contribution in [2.45, 2.75) is 44.5 Å². The predicted molar refractivity (Wildman–Crippen MR) is 93.0 cm³/mol. The largest absolute Gasteiger partial charge is 0.501 e. The van der Waals surface area contributed by atoms with Gasteiger partial charge < -0.3 is 13.3 Å². The third-order valence-corrected chi connectivity index (χ3v) is 7.11. The van der Waals surface area contributed by atoms with Gasteiger partial charge in [-0.05, 0) is 26.3 Å². The zero-order chi connectivity index (χ0) is 15.7. The molecule has 1 aromatic carbocycles. The zero-order valence-corrected chi connectivity index (χ0v) is 16.1. The number of hydrogen-bond donors (Lipinski definition) is 0. The fraction of sp³-hybridized carbons (Fsp3) is 0.625. The molecule has 0 amide bonds. The Labute approximate surface area is 138 Å². The molecule has 0 N–H and O–H groups in total. The fourth-order valence-corrected chi connectivity index (χ4v) is 6.36. The summed E-state index contributed by atoms with van der Waals surface area (Å²) in [7, 11) is -2.63. The zero-order valence-electron chi connectivity index (χ0n) is 13.5. The maximum Gasteiger partial charge on any atom is 0.501 e. The minimum Gasteiger partial charge on any atom is -0.374 e. The first-order valence-corrected chi connectivity index (χ1v) is 10.5. The van der Waals surface area contributed by atoms with Crippen LogP contribution in [0, 0.1) is 0 Å². The molecule has 0 radical (unpaired) electrons. The van der Waals surface area contributed by atoms with Gasteiger partial charge in [0, 0.05) is 36.6 Å². The molecule has 0 spiro atoms. The minimum absolute atomic E-state index is 0.308. The van der Waals surface area contributed by atoms with Gasteiger partial charge in [0.1, 0.15) is 0 Å². The second-order valence-electron chi connectivity index (χ2n) is 4.88. The summed E-state index contributed by atoms with van der Waals surface area (Å²) in [6, 6.07) is 11.3. The Morgan fingerprint density at radius 3 is 1.81 bits per heavy atom. The molecular weight excluding hydrogens is 348 g/mol. The highest BCUT2D eigenvalue weighted by atomic mass is 79.9. The third-order valence-electron chi connectivity index (χ3n) is 3.34. The lowest BCUT2D eigenvalue weighted by molar-refractivity contribution is 0.0695. The van der Waals surface area contributed by atoms with Crippen LogP contribution in [0.1, 0.15) is 39.2 Å². The molecule has 21 heavy (non-hydrogen) atoms. The topological polar surface area (TPSA) is 27.7 Å². The molecule has 0 saturated heterocycles. The third kappa shape index (κ3) is 5.83. The Bertz CT molecular complexity index is 369. The van der Waals surface area contributed by atoms with E-state index in [1.165, 1.54) is 5.56 Å². The van der Waals surface area contributed by atoms with Crippen molar-refractivity contribution in [3.05, 3.63) is 35.9 Å². The average Bonchev–Trinajstić information content (AvgIpc) is 2.46. The van der Waals surface area contributed by atoms with E-state index < -0.39 is 8.80 Å². The molecule has 2 atom stereocenters. The molecule has 120 valence electrons. The van der Waals surface area contributed by atoms with Crippen molar-refractivity contribution in [2.24, 2.45) is 0 Å². The number of hydrogen-bond acceptors (Lipinski definition) is 3. The van der Waals surface area contributed by atoms with E-state index >= 15 is 0 Å². The van der Waals surface area contributed by atoms with E-state index in [0.29, 0.717) is 30.6 Å². The molecule has 5 heteroatoms. The van der Waals surface area contributed by atoms with E-state index in [9.17, 15) is 0 Å². The summed E-state index contributed by atoms with van der Waals surface area (Å²) >= 11 is 3.74. The van der Waals surface area contributed by atoms with Gasteiger partial charge in [-0.25, -0.2) is 0 Å². The van der Waals surface area contributed by atoms with Crippen LogP contribution in [0.2, 0.25) is 6.04 Å².